The lowest BCUT2D eigenvalue weighted by Crippen LogP contribution is -1.92. The van der Waals surface area contributed by atoms with Gasteiger partial charge in [0.2, 0.25) is 0 Å². The van der Waals surface area contributed by atoms with E-state index in [2.05, 4.69) is 24.9 Å². The third-order valence-electron chi connectivity index (χ3n) is 2.10. The molecule has 0 atom stereocenters. The van der Waals surface area contributed by atoms with E-state index in [0.717, 1.165) is 5.75 Å². The van der Waals surface area contributed by atoms with Crippen LogP contribution in [0.15, 0.2) is 36.2 Å². The van der Waals surface area contributed by atoms with Crippen molar-refractivity contribution in [2.75, 3.05) is 6.61 Å². The molecule has 1 heterocycles. The second-order valence-electron chi connectivity index (χ2n) is 3.15. The second-order valence-corrected chi connectivity index (χ2v) is 4.06. The van der Waals surface area contributed by atoms with Crippen LogP contribution in [0.3, 0.4) is 0 Å². The van der Waals surface area contributed by atoms with E-state index in [4.69, 9.17) is 4.74 Å². The Bertz CT molecular complexity index is 456. The zero-order valence-electron chi connectivity index (χ0n) is 8.12. The maximum atomic E-state index is 5.60. The molecule has 72 valence electrons. The van der Waals surface area contributed by atoms with E-state index in [-0.39, 0.29) is 0 Å². The summed E-state index contributed by atoms with van der Waals surface area (Å²) in [5.41, 5.74) is 1.28. The standard InChI is InChI=1S/C12H12OS/c1-3-7-13-10-5-4-6-11-12(10)9(2)8-14-11/h3-6,8H,1,7H2,2H3. The van der Waals surface area contributed by atoms with Crippen molar-refractivity contribution in [2.24, 2.45) is 0 Å². The summed E-state index contributed by atoms with van der Waals surface area (Å²) in [6.45, 7) is 6.32. The lowest BCUT2D eigenvalue weighted by Gasteiger charge is -2.05. The first kappa shape index (κ1) is 9.28. The highest BCUT2D eigenvalue weighted by atomic mass is 32.1. The van der Waals surface area contributed by atoms with Gasteiger partial charge < -0.3 is 4.74 Å². The Hall–Kier alpha value is -1.28. The van der Waals surface area contributed by atoms with Crippen molar-refractivity contribution in [3.63, 3.8) is 0 Å². The maximum Gasteiger partial charge on any atom is 0.128 e. The van der Waals surface area contributed by atoms with Gasteiger partial charge in [0.1, 0.15) is 12.4 Å². The van der Waals surface area contributed by atoms with Gasteiger partial charge in [-0.1, -0.05) is 18.7 Å². The fourth-order valence-corrected chi connectivity index (χ4v) is 2.44. The van der Waals surface area contributed by atoms with E-state index < -0.39 is 0 Å². The van der Waals surface area contributed by atoms with Gasteiger partial charge in [0.25, 0.3) is 0 Å². The lowest BCUT2D eigenvalue weighted by molar-refractivity contribution is 0.367. The van der Waals surface area contributed by atoms with Crippen LogP contribution in [0.5, 0.6) is 5.75 Å². The summed E-state index contributed by atoms with van der Waals surface area (Å²) in [5.74, 6) is 0.959. The highest BCUT2D eigenvalue weighted by molar-refractivity contribution is 7.17. The van der Waals surface area contributed by atoms with E-state index in [1.54, 1.807) is 17.4 Å². The Morgan fingerprint density at radius 2 is 2.36 bits per heavy atom. The Morgan fingerprint density at radius 1 is 1.50 bits per heavy atom. The first-order chi connectivity index (χ1) is 6.83. The molecule has 1 nitrogen and oxygen atoms in total. The minimum Gasteiger partial charge on any atom is -0.489 e. The minimum atomic E-state index is 0.564. The molecule has 0 N–H and O–H groups in total. The van der Waals surface area contributed by atoms with Gasteiger partial charge in [-0.25, -0.2) is 0 Å². The molecule has 0 radical (unpaired) electrons. The first-order valence-corrected chi connectivity index (χ1v) is 5.41. The van der Waals surface area contributed by atoms with Gasteiger partial charge >= 0.3 is 0 Å². The molecule has 0 aliphatic heterocycles. The number of thiophene rings is 1. The maximum absolute atomic E-state index is 5.60. The summed E-state index contributed by atoms with van der Waals surface area (Å²) >= 11 is 1.76. The van der Waals surface area contributed by atoms with Crippen LogP contribution in [0.4, 0.5) is 0 Å². The normalized spacial score (nSPS) is 10.4. The Balaban J connectivity index is 2.51. The van der Waals surface area contributed by atoms with E-state index in [1.165, 1.54) is 15.6 Å². The molecule has 1 aromatic carbocycles. The third kappa shape index (κ3) is 1.53. The molecule has 2 heteroatoms. The van der Waals surface area contributed by atoms with Crippen molar-refractivity contribution in [3.05, 3.63) is 41.8 Å². The zero-order chi connectivity index (χ0) is 9.97. The van der Waals surface area contributed by atoms with Crippen molar-refractivity contribution >= 4 is 21.4 Å². The van der Waals surface area contributed by atoms with Gasteiger partial charge in [0.05, 0.1) is 0 Å². The summed E-state index contributed by atoms with van der Waals surface area (Å²) in [6, 6.07) is 6.15. The van der Waals surface area contributed by atoms with Crippen LogP contribution >= 0.6 is 11.3 Å². The highest BCUT2D eigenvalue weighted by Crippen LogP contribution is 2.33. The minimum absolute atomic E-state index is 0.564. The topological polar surface area (TPSA) is 9.23 Å². The van der Waals surface area contributed by atoms with Gasteiger partial charge in [-0.05, 0) is 30.0 Å². The van der Waals surface area contributed by atoms with E-state index in [9.17, 15) is 0 Å². The summed E-state index contributed by atoms with van der Waals surface area (Å²) in [4.78, 5) is 0. The van der Waals surface area contributed by atoms with Gasteiger partial charge in [0, 0.05) is 10.1 Å². The molecular weight excluding hydrogens is 192 g/mol. The average Bonchev–Trinajstić information content (AvgIpc) is 2.58. The van der Waals surface area contributed by atoms with Crippen LogP contribution in [-0.2, 0) is 0 Å². The van der Waals surface area contributed by atoms with Crippen LogP contribution in [-0.4, -0.2) is 6.61 Å². The molecule has 14 heavy (non-hydrogen) atoms. The van der Waals surface area contributed by atoms with E-state index >= 15 is 0 Å². The number of fused-ring (bicyclic) bond motifs is 1. The highest BCUT2D eigenvalue weighted by Gasteiger charge is 2.05. The zero-order valence-corrected chi connectivity index (χ0v) is 8.93. The summed E-state index contributed by atoms with van der Waals surface area (Å²) in [6.07, 6.45) is 1.76. The molecule has 1 aromatic heterocycles. The largest absolute Gasteiger partial charge is 0.489 e. The van der Waals surface area contributed by atoms with Crippen molar-refractivity contribution in [1.82, 2.24) is 0 Å². The molecular formula is C12H12OS. The van der Waals surface area contributed by atoms with E-state index in [1.807, 2.05) is 12.1 Å². The van der Waals surface area contributed by atoms with Gasteiger partial charge in [0.15, 0.2) is 0 Å². The number of ether oxygens (including phenoxy) is 1. The summed E-state index contributed by atoms with van der Waals surface area (Å²) < 4.78 is 6.88. The van der Waals surface area contributed by atoms with Crippen LogP contribution in [0.2, 0.25) is 0 Å². The Morgan fingerprint density at radius 3 is 3.14 bits per heavy atom. The summed E-state index contributed by atoms with van der Waals surface area (Å²) in [5, 5.41) is 3.39. The quantitative estimate of drug-likeness (QED) is 0.691. The molecule has 0 aliphatic rings. The molecule has 0 saturated carbocycles. The van der Waals surface area contributed by atoms with E-state index in [0.29, 0.717) is 6.61 Å². The monoisotopic (exact) mass is 204 g/mol. The lowest BCUT2D eigenvalue weighted by atomic mass is 10.2. The SMILES string of the molecule is C=CCOc1cccc2scc(C)c12. The average molecular weight is 204 g/mol. The number of rotatable bonds is 3. The van der Waals surface area contributed by atoms with Crippen molar-refractivity contribution < 1.29 is 4.74 Å². The van der Waals surface area contributed by atoms with Gasteiger partial charge in [-0.15, -0.1) is 11.3 Å². The number of hydrogen-bond donors (Lipinski definition) is 0. The van der Waals surface area contributed by atoms with Crippen LogP contribution in [0, 0.1) is 6.92 Å². The third-order valence-corrected chi connectivity index (χ3v) is 3.17. The second kappa shape index (κ2) is 3.84. The van der Waals surface area contributed by atoms with Crippen LogP contribution in [0.1, 0.15) is 5.56 Å². The van der Waals surface area contributed by atoms with Gasteiger partial charge in [-0.3, -0.25) is 0 Å². The van der Waals surface area contributed by atoms with Gasteiger partial charge in [-0.2, -0.15) is 0 Å². The fourth-order valence-electron chi connectivity index (χ4n) is 1.48. The first-order valence-electron chi connectivity index (χ1n) is 4.53. The number of hydrogen-bond acceptors (Lipinski definition) is 2. The van der Waals surface area contributed by atoms with Crippen molar-refractivity contribution in [1.29, 1.82) is 0 Å². The Kier molecular flexibility index (Phi) is 2.55. The molecule has 0 unspecified atom stereocenters. The smallest absolute Gasteiger partial charge is 0.128 e. The van der Waals surface area contributed by atoms with Crippen molar-refractivity contribution in [2.45, 2.75) is 6.92 Å². The summed E-state index contributed by atoms with van der Waals surface area (Å²) in [7, 11) is 0. The molecule has 2 aromatic rings. The Labute approximate surface area is 87.6 Å². The van der Waals surface area contributed by atoms with Crippen molar-refractivity contribution in [3.8, 4) is 5.75 Å². The predicted molar refractivity (Wildman–Crippen MR) is 62.3 cm³/mol. The number of aryl methyl sites for hydroxylation is 1. The number of benzene rings is 1. The van der Waals surface area contributed by atoms with Crippen LogP contribution in [0.25, 0.3) is 10.1 Å². The predicted octanol–water partition coefficient (Wildman–Crippen LogP) is 3.77. The molecule has 2 rings (SSSR count). The molecule has 0 fully saturated rings. The molecule has 0 amide bonds. The molecule has 0 bridgehead atoms. The molecule has 0 aliphatic carbocycles. The fraction of sp³-hybridized carbons (Fsp3) is 0.167. The molecule has 0 saturated heterocycles. The molecule has 0 spiro atoms. The van der Waals surface area contributed by atoms with Crippen LogP contribution < -0.4 is 4.74 Å².